The number of aromatic nitrogens is 4. The van der Waals surface area contributed by atoms with Gasteiger partial charge in [0.05, 0.1) is 11.8 Å². The molecule has 0 aliphatic carbocycles. The Morgan fingerprint density at radius 2 is 1.47 bits per heavy atom. The van der Waals surface area contributed by atoms with Gasteiger partial charge in [0.1, 0.15) is 0 Å². The van der Waals surface area contributed by atoms with Gasteiger partial charge in [0.25, 0.3) is 0 Å². The van der Waals surface area contributed by atoms with Crippen LogP contribution in [-0.2, 0) is 11.3 Å². The zero-order chi connectivity index (χ0) is 24.7. The van der Waals surface area contributed by atoms with Gasteiger partial charge in [-0.05, 0) is 30.2 Å². The molecular formula is C28H30N6OS. The van der Waals surface area contributed by atoms with E-state index in [9.17, 15) is 4.79 Å². The zero-order valence-electron chi connectivity index (χ0n) is 20.4. The molecule has 8 heteroatoms. The smallest absolute Gasteiger partial charge is 0.233 e. The molecule has 0 unspecified atom stereocenters. The summed E-state index contributed by atoms with van der Waals surface area (Å²) < 4.78 is 2.05. The summed E-state index contributed by atoms with van der Waals surface area (Å²) in [6.07, 6.45) is 3.50. The Hall–Kier alpha value is -3.49. The Kier molecular flexibility index (Phi) is 7.73. The summed E-state index contributed by atoms with van der Waals surface area (Å²) in [6, 6.07) is 25.3. The van der Waals surface area contributed by atoms with E-state index in [0.717, 1.165) is 49.3 Å². The Bertz CT molecular complexity index is 1220. The quantitative estimate of drug-likeness (QED) is 0.336. The molecule has 0 radical (unpaired) electrons. The molecule has 184 valence electrons. The third-order valence-electron chi connectivity index (χ3n) is 6.56. The first-order valence-electron chi connectivity index (χ1n) is 12.3. The van der Waals surface area contributed by atoms with Gasteiger partial charge < -0.3 is 9.47 Å². The number of thioether (sulfide) groups is 1. The number of carbonyl (C=O) groups excluding carboxylic acids is 1. The summed E-state index contributed by atoms with van der Waals surface area (Å²) in [5.74, 6) is 1.30. The van der Waals surface area contributed by atoms with E-state index >= 15 is 0 Å². The summed E-state index contributed by atoms with van der Waals surface area (Å²) in [4.78, 5) is 21.6. The predicted molar refractivity (Wildman–Crippen MR) is 143 cm³/mol. The number of pyridine rings is 1. The molecule has 3 heterocycles. The molecule has 4 aromatic rings. The van der Waals surface area contributed by atoms with Crippen LogP contribution in [-0.4, -0.2) is 67.4 Å². The molecule has 2 aromatic heterocycles. The van der Waals surface area contributed by atoms with Crippen molar-refractivity contribution in [3.8, 4) is 11.4 Å². The Balaban J connectivity index is 1.22. The van der Waals surface area contributed by atoms with Crippen molar-refractivity contribution >= 4 is 17.7 Å². The normalized spacial score (nSPS) is 14.3. The molecule has 36 heavy (non-hydrogen) atoms. The third-order valence-corrected chi connectivity index (χ3v) is 7.51. The maximum atomic E-state index is 13.1. The van der Waals surface area contributed by atoms with Crippen LogP contribution in [0.25, 0.3) is 11.4 Å². The fraction of sp³-hybridized carbons (Fsp3) is 0.286. The summed E-state index contributed by atoms with van der Waals surface area (Å²) >= 11 is 1.46. The molecule has 1 fully saturated rings. The van der Waals surface area contributed by atoms with Gasteiger partial charge in [0, 0.05) is 50.7 Å². The monoisotopic (exact) mass is 498 g/mol. The lowest BCUT2D eigenvalue weighted by molar-refractivity contribution is -0.130. The number of piperazine rings is 1. The number of hydrogen-bond donors (Lipinski definition) is 0. The average molecular weight is 499 g/mol. The molecule has 7 nitrogen and oxygen atoms in total. The number of rotatable bonds is 8. The van der Waals surface area contributed by atoms with Crippen molar-refractivity contribution in [2.45, 2.75) is 24.7 Å². The highest BCUT2D eigenvalue weighted by molar-refractivity contribution is 7.99. The van der Waals surface area contributed by atoms with E-state index in [1.807, 2.05) is 17.0 Å². The van der Waals surface area contributed by atoms with Crippen LogP contribution < -0.4 is 0 Å². The summed E-state index contributed by atoms with van der Waals surface area (Å²) in [6.45, 7) is 5.91. The van der Waals surface area contributed by atoms with E-state index in [-0.39, 0.29) is 11.9 Å². The molecule has 5 rings (SSSR count). The minimum atomic E-state index is 0.145. The number of amides is 1. The van der Waals surface area contributed by atoms with Gasteiger partial charge in [0.15, 0.2) is 11.0 Å². The maximum Gasteiger partial charge on any atom is 0.233 e. The van der Waals surface area contributed by atoms with E-state index in [1.165, 1.54) is 22.9 Å². The first kappa shape index (κ1) is 24.2. The Morgan fingerprint density at radius 1 is 0.861 bits per heavy atom. The number of benzene rings is 2. The van der Waals surface area contributed by atoms with Crippen molar-refractivity contribution in [2.75, 3.05) is 31.9 Å². The van der Waals surface area contributed by atoms with Crippen LogP contribution in [0.2, 0.25) is 0 Å². The molecule has 2 aromatic carbocycles. The topological polar surface area (TPSA) is 67.2 Å². The highest BCUT2D eigenvalue weighted by Gasteiger charge is 2.28. The second-order valence-corrected chi connectivity index (χ2v) is 9.66. The van der Waals surface area contributed by atoms with Crippen molar-refractivity contribution in [3.05, 3.63) is 96.3 Å². The van der Waals surface area contributed by atoms with Gasteiger partial charge in [-0.25, -0.2) is 0 Å². The largest absolute Gasteiger partial charge is 0.339 e. The predicted octanol–water partition coefficient (Wildman–Crippen LogP) is 4.39. The van der Waals surface area contributed by atoms with Gasteiger partial charge in [-0.1, -0.05) is 72.4 Å². The van der Waals surface area contributed by atoms with Gasteiger partial charge in [-0.2, -0.15) is 0 Å². The molecule has 0 bridgehead atoms. The molecule has 1 aliphatic heterocycles. The Morgan fingerprint density at radius 3 is 2.06 bits per heavy atom. The van der Waals surface area contributed by atoms with E-state index in [4.69, 9.17) is 0 Å². The summed E-state index contributed by atoms with van der Waals surface area (Å²) in [5.41, 5.74) is 3.53. The molecule has 0 spiro atoms. The minimum absolute atomic E-state index is 0.145. The molecule has 1 saturated heterocycles. The second kappa shape index (κ2) is 11.5. The highest BCUT2D eigenvalue weighted by atomic mass is 32.2. The van der Waals surface area contributed by atoms with E-state index < -0.39 is 0 Å². The third kappa shape index (κ3) is 5.34. The molecule has 0 saturated carbocycles. The lowest BCUT2D eigenvalue weighted by Gasteiger charge is -2.39. The summed E-state index contributed by atoms with van der Waals surface area (Å²) in [7, 11) is 0. The number of hydrogen-bond acceptors (Lipinski definition) is 6. The molecular weight excluding hydrogens is 468 g/mol. The van der Waals surface area contributed by atoms with Crippen molar-refractivity contribution in [1.82, 2.24) is 29.5 Å². The number of carbonyl (C=O) groups is 1. The maximum absolute atomic E-state index is 13.1. The van der Waals surface area contributed by atoms with Crippen molar-refractivity contribution < 1.29 is 4.79 Å². The van der Waals surface area contributed by atoms with Crippen LogP contribution in [0, 0.1) is 0 Å². The van der Waals surface area contributed by atoms with Crippen molar-refractivity contribution in [3.63, 3.8) is 0 Å². The average Bonchev–Trinajstić information content (AvgIpc) is 3.37. The first-order valence-corrected chi connectivity index (χ1v) is 13.3. The standard InChI is InChI=1S/C28H30N6OS/c1-2-34-27(24-13-15-29-16-14-24)30-31-28(34)36-21-25(35)32-17-19-33(20-18-32)26(22-9-5-3-6-10-22)23-11-7-4-8-12-23/h3-16,26H,2,17-21H2,1H3. The number of nitrogens with zero attached hydrogens (tertiary/aromatic N) is 6. The lowest BCUT2D eigenvalue weighted by atomic mass is 9.96. The summed E-state index contributed by atoms with van der Waals surface area (Å²) in [5, 5.41) is 9.49. The van der Waals surface area contributed by atoms with Crippen LogP contribution in [0.4, 0.5) is 0 Å². The fourth-order valence-electron chi connectivity index (χ4n) is 4.73. The molecule has 1 amide bonds. The Labute approximate surface area is 216 Å². The fourth-order valence-corrected chi connectivity index (χ4v) is 5.63. The zero-order valence-corrected chi connectivity index (χ0v) is 21.2. The van der Waals surface area contributed by atoms with E-state index in [1.54, 1.807) is 12.4 Å². The highest BCUT2D eigenvalue weighted by Crippen LogP contribution is 2.30. The first-order chi connectivity index (χ1) is 17.7. The van der Waals surface area contributed by atoms with Crippen molar-refractivity contribution in [1.29, 1.82) is 0 Å². The molecule has 0 N–H and O–H groups in total. The second-order valence-electron chi connectivity index (χ2n) is 8.72. The van der Waals surface area contributed by atoms with Gasteiger partial charge in [0.2, 0.25) is 5.91 Å². The van der Waals surface area contributed by atoms with Crippen LogP contribution in [0.5, 0.6) is 0 Å². The molecule has 0 atom stereocenters. The van der Waals surface area contributed by atoms with Crippen LogP contribution >= 0.6 is 11.8 Å². The SMILES string of the molecule is CCn1c(SCC(=O)N2CCN(C(c3ccccc3)c3ccccc3)CC2)nnc1-c1ccncc1. The van der Waals surface area contributed by atoms with Crippen LogP contribution in [0.15, 0.2) is 90.3 Å². The van der Waals surface area contributed by atoms with Crippen LogP contribution in [0.3, 0.4) is 0 Å². The molecule has 1 aliphatic rings. The lowest BCUT2D eigenvalue weighted by Crippen LogP contribution is -2.50. The van der Waals surface area contributed by atoms with Gasteiger partial charge in [-0.3, -0.25) is 14.7 Å². The van der Waals surface area contributed by atoms with Gasteiger partial charge in [-0.15, -0.1) is 10.2 Å². The van der Waals surface area contributed by atoms with E-state index in [0.29, 0.717) is 5.75 Å². The van der Waals surface area contributed by atoms with Gasteiger partial charge >= 0.3 is 0 Å². The minimum Gasteiger partial charge on any atom is -0.339 e. The van der Waals surface area contributed by atoms with Crippen molar-refractivity contribution in [2.24, 2.45) is 0 Å². The van der Waals surface area contributed by atoms with Crippen LogP contribution in [0.1, 0.15) is 24.1 Å². The van der Waals surface area contributed by atoms with E-state index in [2.05, 4.69) is 92.2 Å².